The molecule has 0 spiro atoms. The third-order valence-electron chi connectivity index (χ3n) is 5.33. The molecule has 34 heavy (non-hydrogen) atoms. The minimum absolute atomic E-state index is 0.0278. The van der Waals surface area contributed by atoms with Gasteiger partial charge in [-0.25, -0.2) is 9.59 Å². The number of cyclic esters (lactones) is 2. The number of rotatable bonds is 11. The third-order valence-corrected chi connectivity index (χ3v) is 5.33. The number of ether oxygens (including phenoxy) is 4. The molecule has 0 aromatic heterocycles. The van der Waals surface area contributed by atoms with Crippen LogP contribution in [0.25, 0.3) is 0 Å². The summed E-state index contributed by atoms with van der Waals surface area (Å²) in [6.07, 6.45) is 14.7. The molecule has 4 unspecified atom stereocenters. The zero-order valence-electron chi connectivity index (χ0n) is 19.5. The summed E-state index contributed by atoms with van der Waals surface area (Å²) in [4.78, 5) is 19.8. The monoisotopic (exact) mass is 486 g/mol. The van der Waals surface area contributed by atoms with E-state index in [1.165, 1.54) is 12.8 Å². The lowest BCUT2D eigenvalue weighted by molar-refractivity contribution is -0.150. The highest BCUT2D eigenvalue weighted by atomic mass is 16.6. The molecule has 0 aromatic carbocycles. The first kappa shape index (κ1) is 30.1. The second-order valence-electron chi connectivity index (χ2n) is 7.66. The molecular formula is C24H38O10. The van der Waals surface area contributed by atoms with E-state index in [1.807, 2.05) is 0 Å². The molecule has 1 saturated carbocycles. The number of hydrogen-bond donors (Lipinski definition) is 4. The van der Waals surface area contributed by atoms with E-state index in [0.29, 0.717) is 39.6 Å². The summed E-state index contributed by atoms with van der Waals surface area (Å²) >= 11 is 0. The number of aliphatic hydroxyl groups is 4. The second-order valence-corrected chi connectivity index (χ2v) is 7.66. The van der Waals surface area contributed by atoms with Gasteiger partial charge in [0.15, 0.2) is 0 Å². The molecule has 4 aliphatic rings. The molecule has 4 rings (SSSR count). The Hall–Kier alpha value is -1.92. The van der Waals surface area contributed by atoms with Crippen LogP contribution in [0.4, 0.5) is 0 Å². The van der Waals surface area contributed by atoms with Gasteiger partial charge in [0, 0.05) is 12.2 Å². The van der Waals surface area contributed by atoms with Crippen LogP contribution in [-0.2, 0) is 28.5 Å². The van der Waals surface area contributed by atoms with Gasteiger partial charge in [-0.1, -0.05) is 24.3 Å². The smallest absolute Gasteiger partial charge is 0.338 e. The fourth-order valence-corrected chi connectivity index (χ4v) is 3.96. The van der Waals surface area contributed by atoms with Gasteiger partial charge >= 0.3 is 11.9 Å². The molecule has 10 heteroatoms. The number of hydrogen-bond acceptors (Lipinski definition) is 10. The van der Waals surface area contributed by atoms with E-state index >= 15 is 0 Å². The van der Waals surface area contributed by atoms with Crippen LogP contribution in [-0.4, -0.2) is 98.4 Å². The van der Waals surface area contributed by atoms with Crippen LogP contribution in [0.3, 0.4) is 0 Å². The highest BCUT2D eigenvalue weighted by Gasteiger charge is 2.44. The van der Waals surface area contributed by atoms with Crippen LogP contribution >= 0.6 is 0 Å². The first-order valence-electron chi connectivity index (χ1n) is 11.5. The number of aliphatic hydroxyl groups excluding tert-OH is 4. The van der Waals surface area contributed by atoms with Crippen molar-refractivity contribution in [3.05, 3.63) is 36.5 Å². The maximum Gasteiger partial charge on any atom is 0.338 e. The van der Waals surface area contributed by atoms with Crippen molar-refractivity contribution in [3.63, 3.8) is 0 Å². The van der Waals surface area contributed by atoms with Gasteiger partial charge in [0.2, 0.25) is 0 Å². The van der Waals surface area contributed by atoms with Crippen LogP contribution in [0.5, 0.6) is 0 Å². The first-order chi connectivity index (χ1) is 16.6. The number of esters is 2. The largest absolute Gasteiger partial charge is 0.394 e. The number of fused-ring (bicyclic) bond motifs is 5. The topological polar surface area (TPSA) is 152 Å². The lowest BCUT2D eigenvalue weighted by atomic mass is 9.86. The van der Waals surface area contributed by atoms with Crippen LogP contribution < -0.4 is 0 Å². The summed E-state index contributed by atoms with van der Waals surface area (Å²) < 4.78 is 18.3. The fraction of sp³-hybridized carbons (Fsp3) is 0.667. The third kappa shape index (κ3) is 12.5. The van der Waals surface area contributed by atoms with Gasteiger partial charge in [0.1, 0.15) is 0 Å². The minimum atomic E-state index is -0.579. The Kier molecular flexibility index (Phi) is 17.2. The molecule has 10 nitrogen and oxygen atoms in total. The minimum Gasteiger partial charge on any atom is -0.394 e. The molecule has 4 N–H and O–H groups in total. The molecule has 0 amide bonds. The maximum absolute atomic E-state index is 9.92. The summed E-state index contributed by atoms with van der Waals surface area (Å²) in [7, 11) is 0. The SMILES string of the molecule is C1=CC2C3C=CC(C3)C2C1.O=C1C=CC(=O)O1.OCCOCCO.OCCOCCOCCO. The molecular weight excluding hydrogens is 448 g/mol. The summed E-state index contributed by atoms with van der Waals surface area (Å²) in [5.41, 5.74) is 0. The molecule has 1 heterocycles. The van der Waals surface area contributed by atoms with Gasteiger partial charge in [0.05, 0.1) is 66.1 Å². The maximum atomic E-state index is 9.92. The van der Waals surface area contributed by atoms with Gasteiger partial charge in [-0.15, -0.1) is 0 Å². The van der Waals surface area contributed by atoms with Gasteiger partial charge in [-0.3, -0.25) is 0 Å². The predicted molar refractivity (Wildman–Crippen MR) is 123 cm³/mol. The van der Waals surface area contributed by atoms with Gasteiger partial charge in [-0.2, -0.15) is 0 Å². The Bertz CT molecular complexity index is 618. The van der Waals surface area contributed by atoms with Crippen molar-refractivity contribution in [1.29, 1.82) is 0 Å². The average Bonchev–Trinajstić information content (AvgIpc) is 3.62. The zero-order chi connectivity index (χ0) is 25.0. The molecule has 0 saturated heterocycles. The summed E-state index contributed by atoms with van der Waals surface area (Å²) in [5, 5.41) is 32.7. The molecule has 3 aliphatic carbocycles. The lowest BCUT2D eigenvalue weighted by Crippen LogP contribution is -2.12. The highest BCUT2D eigenvalue weighted by molar-refractivity contribution is 6.04. The van der Waals surface area contributed by atoms with Crippen molar-refractivity contribution in [1.82, 2.24) is 0 Å². The summed E-state index contributed by atoms with van der Waals surface area (Å²) in [6, 6.07) is 0. The Morgan fingerprint density at radius 3 is 1.59 bits per heavy atom. The van der Waals surface area contributed by atoms with Crippen molar-refractivity contribution in [2.45, 2.75) is 12.8 Å². The molecule has 2 bridgehead atoms. The first-order valence-corrected chi connectivity index (χ1v) is 11.5. The number of carbonyl (C=O) groups excluding carboxylic acids is 2. The van der Waals surface area contributed by atoms with Crippen LogP contribution in [0.1, 0.15) is 12.8 Å². The van der Waals surface area contributed by atoms with Gasteiger partial charge in [0.25, 0.3) is 0 Å². The molecule has 0 aromatic rings. The molecule has 1 aliphatic heterocycles. The van der Waals surface area contributed by atoms with Crippen molar-refractivity contribution in [2.24, 2.45) is 23.7 Å². The van der Waals surface area contributed by atoms with E-state index in [4.69, 9.17) is 29.9 Å². The van der Waals surface area contributed by atoms with E-state index in [1.54, 1.807) is 0 Å². The van der Waals surface area contributed by atoms with Gasteiger partial charge in [-0.05, 0) is 36.5 Å². The molecule has 4 atom stereocenters. The second kappa shape index (κ2) is 19.4. The lowest BCUT2D eigenvalue weighted by Gasteiger charge is -2.18. The number of allylic oxidation sites excluding steroid dienone is 4. The quantitative estimate of drug-likeness (QED) is 0.136. The van der Waals surface area contributed by atoms with Crippen LogP contribution in [0.2, 0.25) is 0 Å². The molecule has 1 fully saturated rings. The van der Waals surface area contributed by atoms with Crippen LogP contribution in [0.15, 0.2) is 36.5 Å². The average molecular weight is 487 g/mol. The Balaban J connectivity index is 0.000000231. The molecule has 194 valence electrons. The summed E-state index contributed by atoms with van der Waals surface area (Å²) in [5.74, 6) is 2.67. The van der Waals surface area contributed by atoms with Crippen molar-refractivity contribution < 1.29 is 49.0 Å². The van der Waals surface area contributed by atoms with Crippen LogP contribution in [0, 0.1) is 23.7 Å². The van der Waals surface area contributed by atoms with Crippen molar-refractivity contribution in [2.75, 3.05) is 66.1 Å². The standard InChI is InChI=1S/C10H12.C6H14O4.C4H2O3.C4H10O3/c1-2-9-7-4-5-8(6-7)10(9)3-1;7-1-3-9-5-6-10-4-2-8;5-3-1-2-4(6)7-3;5-1-3-7-4-2-6/h1-2,4-5,7-10H,3,6H2;7-8H,1-6H2;1-2H;5-6H,1-4H2. The Morgan fingerprint density at radius 2 is 1.18 bits per heavy atom. The van der Waals surface area contributed by atoms with E-state index in [0.717, 1.165) is 35.8 Å². The Morgan fingerprint density at radius 1 is 0.706 bits per heavy atom. The highest BCUT2D eigenvalue weighted by Crippen LogP contribution is 2.52. The van der Waals surface area contributed by atoms with Gasteiger partial charge < -0.3 is 39.4 Å². The normalized spacial score (nSPS) is 24.6. The fourth-order valence-electron chi connectivity index (χ4n) is 3.96. The molecule has 0 radical (unpaired) electrons. The zero-order valence-corrected chi connectivity index (χ0v) is 19.5. The van der Waals surface area contributed by atoms with Crippen molar-refractivity contribution >= 4 is 11.9 Å². The predicted octanol–water partition coefficient (Wildman–Crippen LogP) is 0.00240. The van der Waals surface area contributed by atoms with E-state index in [2.05, 4.69) is 33.8 Å². The van der Waals surface area contributed by atoms with E-state index in [9.17, 15) is 9.59 Å². The summed E-state index contributed by atoms with van der Waals surface area (Å²) in [6.45, 7) is 2.42. The van der Waals surface area contributed by atoms with Crippen molar-refractivity contribution in [3.8, 4) is 0 Å². The Labute approximate surface area is 200 Å². The number of carbonyl (C=O) groups is 2. The van der Waals surface area contributed by atoms with E-state index in [-0.39, 0.29) is 26.4 Å². The van der Waals surface area contributed by atoms with E-state index < -0.39 is 11.9 Å².